The summed E-state index contributed by atoms with van der Waals surface area (Å²) < 4.78 is 5.26. The van der Waals surface area contributed by atoms with Gasteiger partial charge in [0.1, 0.15) is 22.7 Å². The number of ether oxygens (including phenoxy) is 1. The van der Waals surface area contributed by atoms with Crippen LogP contribution < -0.4 is 14.5 Å². The Labute approximate surface area is 199 Å². The summed E-state index contributed by atoms with van der Waals surface area (Å²) in [6, 6.07) is 8.12. The van der Waals surface area contributed by atoms with E-state index in [0.29, 0.717) is 13.1 Å². The van der Waals surface area contributed by atoms with Gasteiger partial charge in [0.15, 0.2) is 0 Å². The maximum atomic E-state index is 13.5. The van der Waals surface area contributed by atoms with Crippen LogP contribution >= 0.6 is 11.3 Å². The highest BCUT2D eigenvalue weighted by Crippen LogP contribution is 2.37. The van der Waals surface area contributed by atoms with Crippen molar-refractivity contribution < 1.29 is 9.53 Å². The molecule has 0 saturated carbocycles. The zero-order valence-electron chi connectivity index (χ0n) is 19.6. The monoisotopic (exact) mass is 465 g/mol. The molecule has 4 heterocycles. The third kappa shape index (κ3) is 4.24. The van der Waals surface area contributed by atoms with Crippen LogP contribution in [0.1, 0.15) is 35.0 Å². The third-order valence-electron chi connectivity index (χ3n) is 6.99. The molecule has 33 heavy (non-hydrogen) atoms. The van der Waals surface area contributed by atoms with Crippen molar-refractivity contribution in [2.45, 2.75) is 26.7 Å². The van der Waals surface area contributed by atoms with Crippen molar-refractivity contribution in [1.29, 1.82) is 0 Å². The topological polar surface area (TPSA) is 61.8 Å². The van der Waals surface area contributed by atoms with Gasteiger partial charge in [-0.25, -0.2) is 9.97 Å². The Bertz CT molecular complexity index is 1130. The van der Waals surface area contributed by atoms with Gasteiger partial charge in [-0.05, 0) is 55.5 Å². The fourth-order valence-electron chi connectivity index (χ4n) is 4.82. The molecule has 2 aliphatic heterocycles. The number of fused-ring (bicyclic) bond motifs is 1. The second kappa shape index (κ2) is 9.17. The molecule has 3 aromatic rings. The Morgan fingerprint density at radius 3 is 2.36 bits per heavy atom. The molecule has 2 aliphatic rings. The van der Waals surface area contributed by atoms with Crippen LogP contribution in [0.15, 0.2) is 30.6 Å². The second-order valence-electron chi connectivity index (χ2n) is 9.08. The van der Waals surface area contributed by atoms with E-state index in [0.717, 1.165) is 70.0 Å². The van der Waals surface area contributed by atoms with E-state index in [4.69, 9.17) is 4.74 Å². The lowest BCUT2D eigenvalue weighted by Gasteiger charge is -2.36. The fraction of sp³-hybridized carbons (Fsp3) is 0.480. The van der Waals surface area contributed by atoms with E-state index in [-0.39, 0.29) is 5.91 Å². The molecular weight excluding hydrogens is 434 g/mol. The highest BCUT2D eigenvalue weighted by Gasteiger charge is 2.28. The largest absolute Gasteiger partial charge is 0.497 e. The molecule has 5 rings (SSSR count). The molecule has 0 spiro atoms. The summed E-state index contributed by atoms with van der Waals surface area (Å²) in [5.74, 6) is 2.72. The average molecular weight is 466 g/mol. The van der Waals surface area contributed by atoms with Gasteiger partial charge >= 0.3 is 0 Å². The Hall–Kier alpha value is -2.87. The Balaban J connectivity index is 1.33. The molecule has 0 bridgehead atoms. The van der Waals surface area contributed by atoms with Crippen LogP contribution in [0, 0.1) is 12.8 Å². The van der Waals surface area contributed by atoms with Crippen molar-refractivity contribution in [2.24, 2.45) is 5.92 Å². The molecule has 8 heteroatoms. The number of methoxy groups -OCH3 is 1. The summed E-state index contributed by atoms with van der Waals surface area (Å²) >= 11 is 1.51. The molecular formula is C25H31N5O2S. The average Bonchev–Trinajstić information content (AvgIpc) is 3.21. The van der Waals surface area contributed by atoms with Crippen molar-refractivity contribution in [3.63, 3.8) is 0 Å². The zero-order chi connectivity index (χ0) is 22.9. The smallest absolute Gasteiger partial charge is 0.264 e. The number of anilines is 2. The molecule has 0 unspecified atom stereocenters. The van der Waals surface area contributed by atoms with Gasteiger partial charge < -0.3 is 19.4 Å². The summed E-state index contributed by atoms with van der Waals surface area (Å²) in [6.07, 6.45) is 4.01. The van der Waals surface area contributed by atoms with Crippen LogP contribution in [-0.2, 0) is 0 Å². The first-order chi connectivity index (χ1) is 16.0. The Kier molecular flexibility index (Phi) is 6.10. The number of amides is 1. The number of benzene rings is 1. The maximum Gasteiger partial charge on any atom is 0.264 e. The van der Waals surface area contributed by atoms with E-state index in [2.05, 4.69) is 45.7 Å². The van der Waals surface area contributed by atoms with Gasteiger partial charge in [0.05, 0.1) is 17.4 Å². The number of carbonyl (C=O) groups is 1. The number of hydrogen-bond acceptors (Lipinski definition) is 7. The predicted molar refractivity (Wildman–Crippen MR) is 134 cm³/mol. The number of aromatic nitrogens is 2. The molecule has 174 valence electrons. The molecule has 1 aromatic carbocycles. The minimum atomic E-state index is 0.114. The quantitative estimate of drug-likeness (QED) is 0.575. The lowest BCUT2D eigenvalue weighted by molar-refractivity contribution is 0.0751. The molecule has 0 atom stereocenters. The van der Waals surface area contributed by atoms with Gasteiger partial charge in [-0.3, -0.25) is 4.79 Å². The maximum absolute atomic E-state index is 13.5. The van der Waals surface area contributed by atoms with Crippen LogP contribution in [0.2, 0.25) is 0 Å². The first-order valence-electron chi connectivity index (χ1n) is 11.7. The molecule has 2 aromatic heterocycles. The molecule has 7 nitrogen and oxygen atoms in total. The Morgan fingerprint density at radius 1 is 1.00 bits per heavy atom. The van der Waals surface area contributed by atoms with Crippen molar-refractivity contribution in [3.8, 4) is 5.75 Å². The normalized spacial score (nSPS) is 17.6. The molecule has 0 N–H and O–H groups in total. The van der Waals surface area contributed by atoms with Crippen molar-refractivity contribution in [1.82, 2.24) is 14.9 Å². The van der Waals surface area contributed by atoms with Gasteiger partial charge in [0.2, 0.25) is 0 Å². The highest BCUT2D eigenvalue weighted by molar-refractivity contribution is 7.20. The van der Waals surface area contributed by atoms with E-state index in [1.165, 1.54) is 24.2 Å². The summed E-state index contributed by atoms with van der Waals surface area (Å²) in [6.45, 7) is 9.45. The van der Waals surface area contributed by atoms with Gasteiger partial charge in [0.25, 0.3) is 5.91 Å². The number of rotatable bonds is 4. The number of nitrogens with zero attached hydrogens (tertiary/aromatic N) is 5. The lowest BCUT2D eigenvalue weighted by atomic mass is 9.99. The van der Waals surface area contributed by atoms with E-state index in [1.54, 1.807) is 13.4 Å². The van der Waals surface area contributed by atoms with Crippen LogP contribution in [0.3, 0.4) is 0 Å². The van der Waals surface area contributed by atoms with Crippen LogP contribution in [0.5, 0.6) is 5.75 Å². The number of carbonyl (C=O) groups excluding carboxylic acids is 1. The summed E-state index contributed by atoms with van der Waals surface area (Å²) in [5, 5.41) is 1.05. The SMILES string of the molecule is COc1ccc(N2CCN(C(=O)c3sc4ncnc(N5CCC(C)CC5)c4c3C)CC2)cc1. The van der Waals surface area contributed by atoms with Crippen LogP contribution in [-0.4, -0.2) is 67.2 Å². The summed E-state index contributed by atoms with van der Waals surface area (Å²) in [4.78, 5) is 31.0. The highest BCUT2D eigenvalue weighted by atomic mass is 32.1. The van der Waals surface area contributed by atoms with Gasteiger partial charge in [-0.1, -0.05) is 6.92 Å². The zero-order valence-corrected chi connectivity index (χ0v) is 20.4. The predicted octanol–water partition coefficient (Wildman–Crippen LogP) is 4.21. The van der Waals surface area contributed by atoms with Crippen LogP contribution in [0.25, 0.3) is 10.2 Å². The second-order valence-corrected chi connectivity index (χ2v) is 10.1. The number of piperazine rings is 1. The fourth-order valence-corrected chi connectivity index (χ4v) is 5.93. The molecule has 0 aliphatic carbocycles. The van der Waals surface area contributed by atoms with E-state index in [1.807, 2.05) is 17.0 Å². The summed E-state index contributed by atoms with van der Waals surface area (Å²) in [5.41, 5.74) is 2.18. The van der Waals surface area contributed by atoms with Crippen LogP contribution in [0.4, 0.5) is 11.5 Å². The first kappa shape index (κ1) is 21.9. The van der Waals surface area contributed by atoms with Gasteiger partial charge in [-0.2, -0.15) is 0 Å². The van der Waals surface area contributed by atoms with E-state index < -0.39 is 0 Å². The molecule has 2 saturated heterocycles. The standard InChI is InChI=1S/C25H31N5O2S/c1-17-8-10-29(11-9-17)23-21-18(2)22(33-24(21)27-16-26-23)25(31)30-14-12-28(13-15-30)19-4-6-20(32-3)7-5-19/h4-7,16-17H,8-15H2,1-3H3. The molecule has 2 fully saturated rings. The third-order valence-corrected chi connectivity index (χ3v) is 8.18. The van der Waals surface area contributed by atoms with Crippen molar-refractivity contribution in [2.75, 3.05) is 56.2 Å². The number of piperidine rings is 1. The number of thiophene rings is 1. The lowest BCUT2D eigenvalue weighted by Crippen LogP contribution is -2.48. The minimum Gasteiger partial charge on any atom is -0.497 e. The number of aryl methyl sites for hydroxylation is 1. The number of hydrogen-bond donors (Lipinski definition) is 0. The molecule has 0 radical (unpaired) electrons. The summed E-state index contributed by atoms with van der Waals surface area (Å²) in [7, 11) is 1.68. The molecule has 1 amide bonds. The van der Waals surface area contributed by atoms with Gasteiger partial charge in [0, 0.05) is 45.0 Å². The first-order valence-corrected chi connectivity index (χ1v) is 12.5. The Morgan fingerprint density at radius 2 is 1.70 bits per heavy atom. The minimum absolute atomic E-state index is 0.114. The van der Waals surface area contributed by atoms with Gasteiger partial charge in [-0.15, -0.1) is 11.3 Å². The van der Waals surface area contributed by atoms with E-state index in [9.17, 15) is 4.79 Å². The van der Waals surface area contributed by atoms with E-state index >= 15 is 0 Å². The van der Waals surface area contributed by atoms with Crippen molar-refractivity contribution >= 4 is 39.0 Å². The van der Waals surface area contributed by atoms with Crippen molar-refractivity contribution in [3.05, 3.63) is 41.0 Å².